The molecule has 1 amide bonds. The summed E-state index contributed by atoms with van der Waals surface area (Å²) in [4.78, 5) is 12.1. The zero-order valence-corrected chi connectivity index (χ0v) is 13.7. The third-order valence-electron chi connectivity index (χ3n) is 2.62. The Morgan fingerprint density at radius 3 is 2.45 bits per heavy atom. The van der Waals surface area contributed by atoms with Crippen LogP contribution >= 0.6 is 31.9 Å². The molecule has 0 heterocycles. The van der Waals surface area contributed by atoms with Crippen LogP contribution in [0.3, 0.4) is 0 Å². The highest BCUT2D eigenvalue weighted by Crippen LogP contribution is 2.32. The SMILES string of the molecule is COc1ccc(NC(=O)c2cc(Br)cc(Br)c2O)cc1. The molecule has 0 fully saturated rings. The molecule has 0 aliphatic carbocycles. The molecule has 0 bridgehead atoms. The van der Waals surface area contributed by atoms with Gasteiger partial charge in [0, 0.05) is 10.2 Å². The van der Waals surface area contributed by atoms with Gasteiger partial charge in [-0.15, -0.1) is 0 Å². The van der Waals surface area contributed by atoms with Crippen LogP contribution in [0.15, 0.2) is 45.3 Å². The Bertz CT molecular complexity index is 642. The van der Waals surface area contributed by atoms with Gasteiger partial charge in [-0.05, 0) is 52.3 Å². The van der Waals surface area contributed by atoms with Crippen molar-refractivity contribution in [2.24, 2.45) is 0 Å². The van der Waals surface area contributed by atoms with Crippen molar-refractivity contribution in [1.82, 2.24) is 0 Å². The zero-order chi connectivity index (χ0) is 14.7. The Kier molecular flexibility index (Phi) is 4.67. The van der Waals surface area contributed by atoms with Crippen molar-refractivity contribution in [2.75, 3.05) is 12.4 Å². The lowest BCUT2D eigenvalue weighted by molar-refractivity contribution is 0.102. The Labute approximate surface area is 133 Å². The van der Waals surface area contributed by atoms with Crippen molar-refractivity contribution in [3.8, 4) is 11.5 Å². The van der Waals surface area contributed by atoms with Gasteiger partial charge in [0.2, 0.25) is 0 Å². The van der Waals surface area contributed by atoms with E-state index in [1.165, 1.54) is 0 Å². The maximum absolute atomic E-state index is 12.1. The van der Waals surface area contributed by atoms with Gasteiger partial charge in [0.1, 0.15) is 11.5 Å². The zero-order valence-electron chi connectivity index (χ0n) is 10.5. The average molecular weight is 401 g/mol. The highest BCUT2D eigenvalue weighted by Gasteiger charge is 2.15. The fraction of sp³-hybridized carbons (Fsp3) is 0.0714. The van der Waals surface area contributed by atoms with Crippen molar-refractivity contribution in [3.63, 3.8) is 0 Å². The molecule has 0 aliphatic heterocycles. The molecule has 0 aliphatic rings. The first kappa shape index (κ1) is 14.9. The minimum Gasteiger partial charge on any atom is -0.506 e. The molecule has 0 radical (unpaired) electrons. The van der Waals surface area contributed by atoms with E-state index in [0.717, 1.165) is 0 Å². The summed E-state index contributed by atoms with van der Waals surface area (Å²) in [7, 11) is 1.57. The predicted octanol–water partition coefficient (Wildman–Crippen LogP) is 4.18. The second kappa shape index (κ2) is 6.28. The largest absolute Gasteiger partial charge is 0.506 e. The van der Waals surface area contributed by atoms with Crippen LogP contribution < -0.4 is 10.1 Å². The van der Waals surface area contributed by atoms with E-state index in [4.69, 9.17) is 4.74 Å². The second-order valence-corrected chi connectivity index (χ2v) is 5.74. The van der Waals surface area contributed by atoms with Gasteiger partial charge in [-0.1, -0.05) is 15.9 Å². The van der Waals surface area contributed by atoms with Crippen LogP contribution in [0.4, 0.5) is 5.69 Å². The molecule has 4 nitrogen and oxygen atoms in total. The van der Waals surface area contributed by atoms with E-state index >= 15 is 0 Å². The average Bonchev–Trinajstić information content (AvgIpc) is 2.43. The number of phenols is 1. The van der Waals surface area contributed by atoms with Crippen molar-refractivity contribution >= 4 is 43.5 Å². The Balaban J connectivity index is 2.23. The number of aromatic hydroxyl groups is 1. The van der Waals surface area contributed by atoms with Gasteiger partial charge in [0.15, 0.2) is 0 Å². The first-order valence-corrected chi connectivity index (χ1v) is 7.23. The van der Waals surface area contributed by atoms with Gasteiger partial charge in [0.25, 0.3) is 5.91 Å². The van der Waals surface area contributed by atoms with Gasteiger partial charge in [-0.25, -0.2) is 0 Å². The maximum Gasteiger partial charge on any atom is 0.259 e. The summed E-state index contributed by atoms with van der Waals surface area (Å²) in [5.74, 6) is 0.213. The molecule has 2 aromatic carbocycles. The number of rotatable bonds is 3. The lowest BCUT2D eigenvalue weighted by Gasteiger charge is -2.09. The fourth-order valence-electron chi connectivity index (χ4n) is 1.61. The third-order valence-corrected chi connectivity index (χ3v) is 3.68. The topological polar surface area (TPSA) is 58.6 Å². The van der Waals surface area contributed by atoms with Gasteiger partial charge in [-0.2, -0.15) is 0 Å². The molecule has 0 spiro atoms. The van der Waals surface area contributed by atoms with Crippen molar-refractivity contribution in [1.29, 1.82) is 0 Å². The van der Waals surface area contributed by atoms with E-state index in [1.54, 1.807) is 43.5 Å². The van der Waals surface area contributed by atoms with E-state index in [0.29, 0.717) is 20.4 Å². The number of hydrogen-bond donors (Lipinski definition) is 2. The number of anilines is 1. The van der Waals surface area contributed by atoms with Crippen molar-refractivity contribution in [2.45, 2.75) is 0 Å². The molecular formula is C14H11Br2NO3. The van der Waals surface area contributed by atoms with E-state index in [9.17, 15) is 9.90 Å². The summed E-state index contributed by atoms with van der Waals surface area (Å²) >= 11 is 6.48. The number of carbonyl (C=O) groups is 1. The molecule has 0 atom stereocenters. The van der Waals surface area contributed by atoms with Crippen LogP contribution in [-0.2, 0) is 0 Å². The molecule has 20 heavy (non-hydrogen) atoms. The highest BCUT2D eigenvalue weighted by atomic mass is 79.9. The Morgan fingerprint density at radius 1 is 1.20 bits per heavy atom. The van der Waals surface area contributed by atoms with E-state index < -0.39 is 5.91 Å². The van der Waals surface area contributed by atoms with Crippen molar-refractivity contribution in [3.05, 3.63) is 50.9 Å². The minimum absolute atomic E-state index is 0.0980. The van der Waals surface area contributed by atoms with Gasteiger partial charge in [0.05, 0.1) is 17.1 Å². The number of amides is 1. The molecule has 0 aromatic heterocycles. The van der Waals surface area contributed by atoms with E-state index in [1.807, 2.05) is 0 Å². The molecule has 104 valence electrons. The summed E-state index contributed by atoms with van der Waals surface area (Å²) in [6.45, 7) is 0. The number of nitrogens with one attached hydrogen (secondary N) is 1. The first-order valence-electron chi connectivity index (χ1n) is 5.64. The number of ether oxygens (including phenoxy) is 1. The number of benzene rings is 2. The molecular weight excluding hydrogens is 390 g/mol. The molecule has 6 heteroatoms. The molecule has 2 N–H and O–H groups in total. The quantitative estimate of drug-likeness (QED) is 0.812. The summed E-state index contributed by atoms with van der Waals surface area (Å²) in [5, 5.41) is 12.6. The minimum atomic E-state index is -0.394. The van der Waals surface area contributed by atoms with E-state index in [2.05, 4.69) is 37.2 Å². The molecule has 0 unspecified atom stereocenters. The van der Waals surface area contributed by atoms with Crippen molar-refractivity contribution < 1.29 is 14.6 Å². The summed E-state index contributed by atoms with van der Waals surface area (Å²) in [5.41, 5.74) is 0.799. The van der Waals surface area contributed by atoms with Crippen LogP contribution in [0.5, 0.6) is 11.5 Å². The lowest BCUT2D eigenvalue weighted by Crippen LogP contribution is -2.12. The Morgan fingerprint density at radius 2 is 1.85 bits per heavy atom. The van der Waals surface area contributed by atoms with Gasteiger partial charge in [-0.3, -0.25) is 4.79 Å². The number of methoxy groups -OCH3 is 1. The number of phenolic OH excluding ortho intramolecular Hbond substituents is 1. The Hall–Kier alpha value is -1.53. The van der Waals surface area contributed by atoms with Gasteiger partial charge >= 0.3 is 0 Å². The monoisotopic (exact) mass is 399 g/mol. The molecule has 0 saturated heterocycles. The molecule has 2 aromatic rings. The predicted molar refractivity (Wildman–Crippen MR) is 84.5 cm³/mol. The second-order valence-electron chi connectivity index (χ2n) is 3.97. The van der Waals surface area contributed by atoms with Crippen LogP contribution in [-0.4, -0.2) is 18.1 Å². The van der Waals surface area contributed by atoms with Crippen LogP contribution in [0, 0.1) is 0 Å². The first-order chi connectivity index (χ1) is 9.51. The van der Waals surface area contributed by atoms with Gasteiger partial charge < -0.3 is 15.2 Å². The fourth-order valence-corrected chi connectivity index (χ4v) is 2.84. The summed E-state index contributed by atoms with van der Waals surface area (Å²) in [6.07, 6.45) is 0. The van der Waals surface area contributed by atoms with Crippen LogP contribution in [0.2, 0.25) is 0 Å². The van der Waals surface area contributed by atoms with Crippen LogP contribution in [0.25, 0.3) is 0 Å². The lowest BCUT2D eigenvalue weighted by atomic mass is 10.2. The number of halogens is 2. The number of carbonyl (C=O) groups excluding carboxylic acids is 1. The summed E-state index contributed by atoms with van der Waals surface area (Å²) < 4.78 is 6.19. The standard InChI is InChI=1S/C14H11Br2NO3/c1-20-10-4-2-9(3-5-10)17-14(19)11-6-8(15)7-12(16)13(11)18/h2-7,18H,1H3,(H,17,19). The third kappa shape index (κ3) is 3.32. The molecule has 0 saturated carbocycles. The number of hydrogen-bond acceptors (Lipinski definition) is 3. The maximum atomic E-state index is 12.1. The highest BCUT2D eigenvalue weighted by molar-refractivity contribution is 9.11. The normalized spacial score (nSPS) is 10.2. The van der Waals surface area contributed by atoms with E-state index in [-0.39, 0.29) is 11.3 Å². The smallest absolute Gasteiger partial charge is 0.259 e. The molecule has 2 rings (SSSR count). The summed E-state index contributed by atoms with van der Waals surface area (Å²) in [6, 6.07) is 10.2. The van der Waals surface area contributed by atoms with Crippen LogP contribution in [0.1, 0.15) is 10.4 Å².